The van der Waals surface area contributed by atoms with Gasteiger partial charge in [0, 0.05) is 31.6 Å². The second-order valence-electron chi connectivity index (χ2n) is 7.58. The van der Waals surface area contributed by atoms with Crippen LogP contribution >= 0.6 is 0 Å². The van der Waals surface area contributed by atoms with E-state index in [1.165, 1.54) is 15.9 Å². The Hall–Kier alpha value is -4.15. The monoisotopic (exact) mass is 401 g/mol. The van der Waals surface area contributed by atoms with E-state index in [1.54, 1.807) is 13.2 Å². The van der Waals surface area contributed by atoms with Gasteiger partial charge < -0.3 is 9.88 Å². The standard InChI is InChI=1S/C19H15N9O2/c1-27-18(30)24-17(29)19(27)7-11-4-13-14(5-12(11)8-19)23-16(22-13)10-2-3-20-15(6-10)28-9-21-25-26-28/h2-6,9H,7-8H2,1H3,(H,22,23)(H,24,29,30). The number of aromatic amines is 1. The summed E-state index contributed by atoms with van der Waals surface area (Å²) in [7, 11) is 1.67. The van der Waals surface area contributed by atoms with Crippen molar-refractivity contribution in [3.05, 3.63) is 47.9 Å². The van der Waals surface area contributed by atoms with Crippen molar-refractivity contribution in [2.75, 3.05) is 7.05 Å². The van der Waals surface area contributed by atoms with E-state index in [4.69, 9.17) is 4.98 Å². The molecular formula is C19H15N9O2. The number of urea groups is 1. The van der Waals surface area contributed by atoms with E-state index in [1.807, 2.05) is 24.3 Å². The fraction of sp³-hybridized carbons (Fsp3) is 0.211. The first-order chi connectivity index (χ1) is 14.5. The van der Waals surface area contributed by atoms with Gasteiger partial charge in [0.15, 0.2) is 5.82 Å². The largest absolute Gasteiger partial charge is 0.338 e. The highest BCUT2D eigenvalue weighted by molar-refractivity contribution is 6.07. The Bertz CT molecular complexity index is 1300. The number of amides is 3. The molecule has 1 saturated heterocycles. The van der Waals surface area contributed by atoms with Gasteiger partial charge in [-0.15, -0.1) is 5.10 Å². The van der Waals surface area contributed by atoms with Crippen LogP contribution in [0.3, 0.4) is 0 Å². The van der Waals surface area contributed by atoms with Crippen molar-refractivity contribution in [1.29, 1.82) is 0 Å². The van der Waals surface area contributed by atoms with Gasteiger partial charge in [0.05, 0.1) is 11.0 Å². The molecule has 1 aliphatic carbocycles. The molecule has 2 N–H and O–H groups in total. The first kappa shape index (κ1) is 16.8. The molecule has 1 spiro atoms. The Balaban J connectivity index is 1.38. The molecule has 3 aromatic heterocycles. The lowest BCUT2D eigenvalue weighted by atomic mass is 9.95. The highest BCUT2D eigenvalue weighted by Gasteiger charge is 2.54. The van der Waals surface area contributed by atoms with Crippen LogP contribution in [0.1, 0.15) is 11.1 Å². The molecule has 6 rings (SSSR count). The summed E-state index contributed by atoms with van der Waals surface area (Å²) in [6.45, 7) is 0. The van der Waals surface area contributed by atoms with Gasteiger partial charge in [0.2, 0.25) is 0 Å². The number of pyridine rings is 1. The van der Waals surface area contributed by atoms with Crippen LogP contribution in [-0.4, -0.2) is 64.6 Å². The maximum atomic E-state index is 12.5. The summed E-state index contributed by atoms with van der Waals surface area (Å²) in [5.41, 5.74) is 3.75. The number of tetrazole rings is 1. The molecule has 11 nitrogen and oxygen atoms in total. The van der Waals surface area contributed by atoms with Crippen molar-refractivity contribution in [3.63, 3.8) is 0 Å². The summed E-state index contributed by atoms with van der Waals surface area (Å²) in [6, 6.07) is 7.36. The molecule has 30 heavy (non-hydrogen) atoms. The minimum atomic E-state index is -0.840. The molecule has 148 valence electrons. The van der Waals surface area contributed by atoms with Crippen LogP contribution in [-0.2, 0) is 17.6 Å². The fourth-order valence-corrected chi connectivity index (χ4v) is 4.30. The number of rotatable bonds is 2. The molecule has 2 aliphatic rings. The maximum Gasteiger partial charge on any atom is 0.324 e. The molecule has 4 aromatic rings. The number of nitrogens with one attached hydrogen (secondary N) is 2. The molecule has 1 fully saturated rings. The van der Waals surface area contributed by atoms with Crippen LogP contribution in [0, 0.1) is 0 Å². The molecule has 1 aliphatic heterocycles. The number of carbonyl (C=O) groups excluding carboxylic acids is 2. The van der Waals surface area contributed by atoms with E-state index in [-0.39, 0.29) is 11.9 Å². The lowest BCUT2D eigenvalue weighted by molar-refractivity contribution is -0.125. The molecule has 0 bridgehead atoms. The van der Waals surface area contributed by atoms with Crippen molar-refractivity contribution in [1.82, 2.24) is 45.4 Å². The van der Waals surface area contributed by atoms with E-state index < -0.39 is 5.54 Å². The van der Waals surface area contributed by atoms with Gasteiger partial charge in [-0.2, -0.15) is 4.68 Å². The molecular weight excluding hydrogens is 386 g/mol. The quantitative estimate of drug-likeness (QED) is 0.470. The number of likely N-dealkylation sites (N-methyl/N-ethyl adjacent to an activating group) is 1. The van der Waals surface area contributed by atoms with Crippen molar-refractivity contribution in [3.8, 4) is 17.2 Å². The van der Waals surface area contributed by atoms with Gasteiger partial charge in [-0.1, -0.05) is 0 Å². The maximum absolute atomic E-state index is 12.5. The van der Waals surface area contributed by atoms with Crippen LogP contribution in [0.5, 0.6) is 0 Å². The number of imide groups is 1. The van der Waals surface area contributed by atoms with E-state index in [2.05, 4.69) is 30.8 Å². The topological polar surface area (TPSA) is 135 Å². The first-order valence-electron chi connectivity index (χ1n) is 9.34. The van der Waals surface area contributed by atoms with Gasteiger partial charge in [-0.3, -0.25) is 10.1 Å². The predicted octanol–water partition coefficient (Wildman–Crippen LogP) is 0.620. The van der Waals surface area contributed by atoms with Crippen LogP contribution in [0.25, 0.3) is 28.2 Å². The Morgan fingerprint density at radius 1 is 1.13 bits per heavy atom. The summed E-state index contributed by atoms with van der Waals surface area (Å²) in [6.07, 6.45) is 4.12. The highest BCUT2D eigenvalue weighted by atomic mass is 16.2. The van der Waals surface area contributed by atoms with Gasteiger partial charge in [0.25, 0.3) is 5.91 Å². The van der Waals surface area contributed by atoms with E-state index in [0.717, 1.165) is 27.7 Å². The number of aromatic nitrogens is 7. The summed E-state index contributed by atoms with van der Waals surface area (Å²) in [5.74, 6) is 1.05. The van der Waals surface area contributed by atoms with Crippen LogP contribution in [0.15, 0.2) is 36.8 Å². The van der Waals surface area contributed by atoms with Crippen molar-refractivity contribution in [2.24, 2.45) is 0 Å². The number of fused-ring (bicyclic) bond motifs is 2. The summed E-state index contributed by atoms with van der Waals surface area (Å²) >= 11 is 0. The van der Waals surface area contributed by atoms with E-state index in [0.29, 0.717) is 24.5 Å². The highest BCUT2D eigenvalue weighted by Crippen LogP contribution is 2.38. The molecule has 1 aromatic carbocycles. The van der Waals surface area contributed by atoms with E-state index >= 15 is 0 Å². The minimum absolute atomic E-state index is 0.240. The SMILES string of the molecule is CN1C(=O)NC(=O)C12Cc1cc3nc(-c4ccnc(-n5cnnn5)c4)[nH]c3cc1C2. The zero-order valence-corrected chi connectivity index (χ0v) is 15.8. The normalized spacial score (nSPS) is 17.2. The second kappa shape index (κ2) is 5.69. The predicted molar refractivity (Wildman–Crippen MR) is 103 cm³/mol. The first-order valence-corrected chi connectivity index (χ1v) is 9.34. The second-order valence-corrected chi connectivity index (χ2v) is 7.58. The number of benzene rings is 1. The molecule has 4 heterocycles. The zero-order valence-electron chi connectivity index (χ0n) is 15.8. The summed E-state index contributed by atoms with van der Waals surface area (Å²) < 4.78 is 1.48. The summed E-state index contributed by atoms with van der Waals surface area (Å²) in [5, 5.41) is 13.5. The number of hydrogen-bond acceptors (Lipinski definition) is 7. The zero-order chi connectivity index (χ0) is 20.5. The molecule has 11 heteroatoms. The molecule has 3 amide bonds. The van der Waals surface area contributed by atoms with Crippen molar-refractivity contribution in [2.45, 2.75) is 18.4 Å². The number of carbonyl (C=O) groups is 2. The number of nitrogens with zero attached hydrogens (tertiary/aromatic N) is 7. The Kier molecular flexibility index (Phi) is 3.18. The fourth-order valence-electron chi connectivity index (χ4n) is 4.30. The number of hydrogen-bond donors (Lipinski definition) is 2. The Morgan fingerprint density at radius 2 is 1.97 bits per heavy atom. The van der Waals surface area contributed by atoms with Crippen molar-refractivity contribution >= 4 is 23.0 Å². The van der Waals surface area contributed by atoms with Gasteiger partial charge >= 0.3 is 6.03 Å². The third-order valence-corrected chi connectivity index (χ3v) is 5.96. The van der Waals surface area contributed by atoms with Crippen molar-refractivity contribution < 1.29 is 9.59 Å². The molecule has 0 radical (unpaired) electrons. The average Bonchev–Trinajstić information content (AvgIpc) is 3.51. The Morgan fingerprint density at radius 3 is 2.70 bits per heavy atom. The number of imidazole rings is 1. The van der Waals surface area contributed by atoms with Gasteiger partial charge in [-0.25, -0.2) is 14.8 Å². The molecule has 1 unspecified atom stereocenters. The third kappa shape index (κ3) is 2.22. The number of H-pyrrole nitrogens is 1. The van der Waals surface area contributed by atoms with Crippen LogP contribution < -0.4 is 5.32 Å². The van der Waals surface area contributed by atoms with Gasteiger partial charge in [-0.05, 0) is 45.8 Å². The smallest absolute Gasteiger partial charge is 0.324 e. The van der Waals surface area contributed by atoms with Crippen LogP contribution in [0.2, 0.25) is 0 Å². The van der Waals surface area contributed by atoms with Gasteiger partial charge in [0.1, 0.15) is 17.7 Å². The van der Waals surface area contributed by atoms with E-state index in [9.17, 15) is 9.59 Å². The lowest BCUT2D eigenvalue weighted by Gasteiger charge is -2.27. The molecule has 0 saturated carbocycles. The molecule has 1 atom stereocenters. The Labute approximate surface area is 169 Å². The van der Waals surface area contributed by atoms with Crippen LogP contribution in [0.4, 0.5) is 4.79 Å². The summed E-state index contributed by atoms with van der Waals surface area (Å²) in [4.78, 5) is 38.3. The minimum Gasteiger partial charge on any atom is -0.338 e. The third-order valence-electron chi connectivity index (χ3n) is 5.96. The lowest BCUT2D eigenvalue weighted by Crippen LogP contribution is -2.48. The average molecular weight is 401 g/mol.